The lowest BCUT2D eigenvalue weighted by Crippen LogP contribution is -2.05. The number of hydrogen-bond acceptors (Lipinski definition) is 1. The highest BCUT2D eigenvalue weighted by Crippen LogP contribution is 2.31. The molecule has 0 fully saturated rings. The summed E-state index contributed by atoms with van der Waals surface area (Å²) in [6.07, 6.45) is -2.59. The Kier molecular flexibility index (Phi) is 2.92. The Morgan fingerprint density at radius 3 is 2.24 bits per heavy atom. The zero-order valence-electron chi connectivity index (χ0n) is 9.12. The molecule has 90 valence electrons. The lowest BCUT2D eigenvalue weighted by molar-refractivity contribution is -0.137. The third kappa shape index (κ3) is 2.49. The molecule has 0 aliphatic rings. The number of hydrogen-bond donors (Lipinski definition) is 1. The Balaban J connectivity index is 2.24. The molecule has 1 N–H and O–H groups in total. The van der Waals surface area contributed by atoms with Crippen molar-refractivity contribution in [1.82, 2.24) is 10.2 Å². The molecule has 0 bridgehead atoms. The van der Waals surface area contributed by atoms with E-state index in [1.54, 1.807) is 6.20 Å². The van der Waals surface area contributed by atoms with E-state index in [9.17, 15) is 13.2 Å². The van der Waals surface area contributed by atoms with Gasteiger partial charge in [0.05, 0.1) is 11.3 Å². The molecule has 0 aliphatic carbocycles. The predicted octanol–water partition coefficient (Wildman–Crippen LogP) is 3.58. The summed E-state index contributed by atoms with van der Waals surface area (Å²) in [5, 5.41) is 6.70. The molecule has 2 nitrogen and oxygen atoms in total. The first-order chi connectivity index (χ1) is 7.98. The number of nitrogens with one attached hydrogen (secondary N) is 1. The average molecular weight is 240 g/mol. The van der Waals surface area contributed by atoms with Crippen molar-refractivity contribution >= 4 is 0 Å². The van der Waals surface area contributed by atoms with Crippen LogP contribution in [0.2, 0.25) is 0 Å². The van der Waals surface area contributed by atoms with Crippen molar-refractivity contribution in [3.8, 4) is 0 Å². The number of aromatic nitrogens is 2. The highest BCUT2D eigenvalue weighted by atomic mass is 19.4. The maximum absolute atomic E-state index is 12.4. The molecular formula is C12H11F3N2. The number of aromatic amines is 1. The lowest BCUT2D eigenvalue weighted by atomic mass is 9.97. The van der Waals surface area contributed by atoms with Crippen molar-refractivity contribution in [3.63, 3.8) is 0 Å². The summed E-state index contributed by atoms with van der Waals surface area (Å²) in [4.78, 5) is 0. The van der Waals surface area contributed by atoms with Crippen LogP contribution in [0, 0.1) is 0 Å². The Hall–Kier alpha value is -1.78. The van der Waals surface area contributed by atoms with Crippen LogP contribution in [-0.4, -0.2) is 10.2 Å². The maximum atomic E-state index is 12.4. The Bertz CT molecular complexity index is 471. The van der Waals surface area contributed by atoms with Crippen molar-refractivity contribution in [1.29, 1.82) is 0 Å². The quantitative estimate of drug-likeness (QED) is 0.853. The molecule has 1 aromatic carbocycles. The van der Waals surface area contributed by atoms with E-state index < -0.39 is 11.7 Å². The van der Waals surface area contributed by atoms with Gasteiger partial charge in [0, 0.05) is 12.1 Å². The van der Waals surface area contributed by atoms with E-state index in [0.717, 1.165) is 23.4 Å². The van der Waals surface area contributed by atoms with Crippen LogP contribution in [0.3, 0.4) is 0 Å². The van der Waals surface area contributed by atoms with E-state index >= 15 is 0 Å². The van der Waals surface area contributed by atoms with Crippen molar-refractivity contribution in [2.24, 2.45) is 0 Å². The fourth-order valence-electron chi connectivity index (χ4n) is 1.64. The smallest absolute Gasteiger partial charge is 0.285 e. The molecule has 0 saturated heterocycles. The van der Waals surface area contributed by atoms with Gasteiger partial charge in [-0.3, -0.25) is 5.10 Å². The predicted molar refractivity (Wildman–Crippen MR) is 57.5 cm³/mol. The standard InChI is InChI=1S/C12H11F3N2/c1-8(11-6-7-16-17-11)9-2-4-10(5-3-9)12(13,14)15/h2-8H,1H3,(H,16,17). The van der Waals surface area contributed by atoms with Gasteiger partial charge in [-0.1, -0.05) is 19.1 Å². The number of H-pyrrole nitrogens is 1. The average Bonchev–Trinajstić information content (AvgIpc) is 2.80. The van der Waals surface area contributed by atoms with Gasteiger partial charge < -0.3 is 0 Å². The van der Waals surface area contributed by atoms with Gasteiger partial charge >= 0.3 is 6.18 Å². The third-order valence-electron chi connectivity index (χ3n) is 2.70. The van der Waals surface area contributed by atoms with E-state index in [1.165, 1.54) is 12.1 Å². The Morgan fingerprint density at radius 2 is 1.76 bits per heavy atom. The van der Waals surface area contributed by atoms with Gasteiger partial charge in [-0.2, -0.15) is 18.3 Å². The van der Waals surface area contributed by atoms with E-state index in [0.29, 0.717) is 0 Å². The Morgan fingerprint density at radius 1 is 1.12 bits per heavy atom. The minimum Gasteiger partial charge on any atom is -0.285 e. The molecule has 17 heavy (non-hydrogen) atoms. The number of alkyl halides is 3. The number of rotatable bonds is 2. The van der Waals surface area contributed by atoms with Gasteiger partial charge in [0.25, 0.3) is 0 Å². The molecule has 0 aliphatic heterocycles. The fraction of sp³-hybridized carbons (Fsp3) is 0.250. The molecule has 2 rings (SSSR count). The molecule has 1 aromatic heterocycles. The highest BCUT2D eigenvalue weighted by molar-refractivity contribution is 5.31. The molecule has 1 unspecified atom stereocenters. The van der Waals surface area contributed by atoms with Crippen LogP contribution in [0.5, 0.6) is 0 Å². The van der Waals surface area contributed by atoms with E-state index in [-0.39, 0.29) is 5.92 Å². The second kappa shape index (κ2) is 4.24. The van der Waals surface area contributed by atoms with Crippen LogP contribution in [-0.2, 0) is 6.18 Å². The molecule has 1 heterocycles. The third-order valence-corrected chi connectivity index (χ3v) is 2.70. The van der Waals surface area contributed by atoms with E-state index in [1.807, 2.05) is 13.0 Å². The van der Waals surface area contributed by atoms with Crippen LogP contribution >= 0.6 is 0 Å². The number of nitrogens with zero attached hydrogens (tertiary/aromatic N) is 1. The molecule has 0 spiro atoms. The lowest BCUT2D eigenvalue weighted by Gasteiger charge is -2.11. The SMILES string of the molecule is CC(c1ccc(C(F)(F)F)cc1)c1cc[nH]n1. The first-order valence-electron chi connectivity index (χ1n) is 5.15. The first kappa shape index (κ1) is 11.7. The topological polar surface area (TPSA) is 28.7 Å². The molecule has 1 atom stereocenters. The molecule has 5 heteroatoms. The minimum atomic E-state index is -4.28. The first-order valence-corrected chi connectivity index (χ1v) is 5.15. The molecule has 0 amide bonds. The van der Waals surface area contributed by atoms with Crippen molar-refractivity contribution in [2.45, 2.75) is 19.0 Å². The van der Waals surface area contributed by atoms with Crippen molar-refractivity contribution in [3.05, 3.63) is 53.3 Å². The Labute approximate surface area is 96.5 Å². The summed E-state index contributed by atoms with van der Waals surface area (Å²) in [5.41, 5.74) is 0.991. The van der Waals surface area contributed by atoms with E-state index in [4.69, 9.17) is 0 Å². The van der Waals surface area contributed by atoms with Crippen molar-refractivity contribution in [2.75, 3.05) is 0 Å². The second-order valence-corrected chi connectivity index (χ2v) is 3.84. The zero-order valence-corrected chi connectivity index (χ0v) is 9.12. The van der Waals surface area contributed by atoms with Gasteiger partial charge in [-0.15, -0.1) is 0 Å². The van der Waals surface area contributed by atoms with Gasteiger partial charge in [-0.25, -0.2) is 0 Å². The number of halogens is 3. The van der Waals surface area contributed by atoms with E-state index in [2.05, 4.69) is 10.2 Å². The normalized spacial score (nSPS) is 13.6. The molecular weight excluding hydrogens is 229 g/mol. The van der Waals surface area contributed by atoms with Crippen molar-refractivity contribution < 1.29 is 13.2 Å². The van der Waals surface area contributed by atoms with Crippen LogP contribution in [0.25, 0.3) is 0 Å². The van der Waals surface area contributed by atoms with Crippen LogP contribution in [0.15, 0.2) is 36.5 Å². The summed E-state index contributed by atoms with van der Waals surface area (Å²) >= 11 is 0. The summed E-state index contributed by atoms with van der Waals surface area (Å²) in [7, 11) is 0. The monoisotopic (exact) mass is 240 g/mol. The molecule has 2 aromatic rings. The van der Waals surface area contributed by atoms with Gasteiger partial charge in [0.15, 0.2) is 0 Å². The summed E-state index contributed by atoms with van der Waals surface area (Å²) in [6.45, 7) is 1.90. The van der Waals surface area contributed by atoms with Gasteiger partial charge in [0.1, 0.15) is 0 Å². The summed E-state index contributed by atoms with van der Waals surface area (Å²) in [5.74, 6) is -0.0245. The largest absolute Gasteiger partial charge is 0.416 e. The van der Waals surface area contributed by atoms with Crippen LogP contribution in [0.1, 0.15) is 29.7 Å². The zero-order chi connectivity index (χ0) is 12.5. The molecule has 0 saturated carbocycles. The highest BCUT2D eigenvalue weighted by Gasteiger charge is 2.30. The minimum absolute atomic E-state index is 0.0245. The van der Waals surface area contributed by atoms with Gasteiger partial charge in [0.2, 0.25) is 0 Å². The summed E-state index contributed by atoms with van der Waals surface area (Å²) < 4.78 is 37.1. The van der Waals surface area contributed by atoms with Gasteiger partial charge in [-0.05, 0) is 23.8 Å². The second-order valence-electron chi connectivity index (χ2n) is 3.84. The van der Waals surface area contributed by atoms with Crippen LogP contribution in [0.4, 0.5) is 13.2 Å². The number of benzene rings is 1. The molecule has 0 radical (unpaired) electrons. The van der Waals surface area contributed by atoms with Crippen LogP contribution < -0.4 is 0 Å². The maximum Gasteiger partial charge on any atom is 0.416 e. The fourth-order valence-corrected chi connectivity index (χ4v) is 1.64. The summed E-state index contributed by atoms with van der Waals surface area (Å²) in [6, 6.07) is 6.98.